The van der Waals surface area contributed by atoms with Crippen molar-refractivity contribution in [3.63, 3.8) is 0 Å². The topological polar surface area (TPSA) is 41.5 Å². The first kappa shape index (κ1) is 12.4. The van der Waals surface area contributed by atoms with E-state index in [0.717, 1.165) is 0 Å². The van der Waals surface area contributed by atoms with Crippen LogP contribution in [0.4, 0.5) is 0 Å². The van der Waals surface area contributed by atoms with Crippen LogP contribution in [0.3, 0.4) is 0 Å². The molecule has 0 fully saturated rings. The van der Waals surface area contributed by atoms with E-state index >= 15 is 0 Å². The maximum absolute atomic E-state index is 11.6. The maximum Gasteiger partial charge on any atom is 0.271 e. The molecule has 0 bridgehead atoms. The third-order valence-corrected chi connectivity index (χ3v) is 2.56. The van der Waals surface area contributed by atoms with Crippen LogP contribution >= 0.6 is 0 Å². The lowest BCUT2D eigenvalue weighted by Gasteiger charge is -2.08. The lowest BCUT2D eigenvalue weighted by molar-refractivity contribution is 0.0955. The summed E-state index contributed by atoms with van der Waals surface area (Å²) in [5, 5.41) is 3.94. The van der Waals surface area contributed by atoms with Gasteiger partial charge in [-0.05, 0) is 24.0 Å². The van der Waals surface area contributed by atoms with E-state index in [1.807, 2.05) is 18.2 Å². The fraction of sp³-hybridized carbons (Fsp3) is 0.385. The van der Waals surface area contributed by atoms with Crippen molar-refractivity contribution in [2.24, 2.45) is 16.9 Å². The molecule has 0 saturated heterocycles. The normalized spacial score (nSPS) is 13.0. The summed E-state index contributed by atoms with van der Waals surface area (Å²) >= 11 is 0. The molecule has 1 aromatic rings. The molecule has 0 aromatic heterocycles. The Morgan fingerprint density at radius 2 is 1.88 bits per heavy atom. The zero-order valence-electron chi connectivity index (χ0n) is 9.97. The average Bonchev–Trinajstić information content (AvgIpc) is 2.29. The third-order valence-electron chi connectivity index (χ3n) is 2.56. The van der Waals surface area contributed by atoms with Gasteiger partial charge in [0.25, 0.3) is 5.91 Å². The average molecular weight is 218 g/mol. The van der Waals surface area contributed by atoms with Crippen molar-refractivity contribution in [3.05, 3.63) is 35.9 Å². The van der Waals surface area contributed by atoms with Gasteiger partial charge in [-0.1, -0.05) is 39.0 Å². The van der Waals surface area contributed by atoms with Crippen molar-refractivity contribution in [1.29, 1.82) is 0 Å². The summed E-state index contributed by atoms with van der Waals surface area (Å²) in [6, 6.07) is 9.05. The summed E-state index contributed by atoms with van der Waals surface area (Å²) in [5.74, 6) is 0.709. The molecule has 1 atom stereocenters. The molecular weight excluding hydrogens is 200 g/mol. The Bertz CT molecular complexity index is 357. The monoisotopic (exact) mass is 218 g/mol. The number of carbonyl (C=O) groups excluding carboxylic acids is 1. The Morgan fingerprint density at radius 3 is 2.44 bits per heavy atom. The highest BCUT2D eigenvalue weighted by Crippen LogP contribution is 2.05. The van der Waals surface area contributed by atoms with Crippen LogP contribution in [0, 0.1) is 11.8 Å². The zero-order valence-corrected chi connectivity index (χ0v) is 9.97. The van der Waals surface area contributed by atoms with Gasteiger partial charge in [0.15, 0.2) is 0 Å². The number of nitrogens with zero attached hydrogens (tertiary/aromatic N) is 1. The van der Waals surface area contributed by atoms with E-state index in [0.29, 0.717) is 17.4 Å². The number of hydrazone groups is 1. The lowest BCUT2D eigenvalue weighted by atomic mass is 10.00. The number of carbonyl (C=O) groups is 1. The van der Waals surface area contributed by atoms with Gasteiger partial charge in [-0.3, -0.25) is 4.79 Å². The molecule has 3 heteroatoms. The molecule has 1 rings (SSSR count). The van der Waals surface area contributed by atoms with Gasteiger partial charge in [0.1, 0.15) is 0 Å². The molecular formula is C13H18N2O. The van der Waals surface area contributed by atoms with Gasteiger partial charge in [-0.25, -0.2) is 5.43 Å². The minimum absolute atomic E-state index is 0.173. The van der Waals surface area contributed by atoms with Gasteiger partial charge < -0.3 is 0 Å². The van der Waals surface area contributed by atoms with Gasteiger partial charge in [-0.2, -0.15) is 5.10 Å². The van der Waals surface area contributed by atoms with E-state index in [4.69, 9.17) is 0 Å². The van der Waals surface area contributed by atoms with E-state index in [9.17, 15) is 4.79 Å². The van der Waals surface area contributed by atoms with E-state index in [2.05, 4.69) is 31.3 Å². The van der Waals surface area contributed by atoms with Gasteiger partial charge in [0, 0.05) is 11.8 Å². The summed E-state index contributed by atoms with van der Waals surface area (Å²) in [6.45, 7) is 6.31. The quantitative estimate of drug-likeness (QED) is 0.612. The smallest absolute Gasteiger partial charge is 0.267 e. The molecule has 0 aliphatic rings. The largest absolute Gasteiger partial charge is 0.271 e. The second-order valence-corrected chi connectivity index (χ2v) is 4.19. The summed E-state index contributed by atoms with van der Waals surface area (Å²) in [5.41, 5.74) is 3.14. The van der Waals surface area contributed by atoms with Crippen molar-refractivity contribution in [2.75, 3.05) is 0 Å². The maximum atomic E-state index is 11.6. The van der Waals surface area contributed by atoms with Crippen LogP contribution in [-0.4, -0.2) is 12.1 Å². The van der Waals surface area contributed by atoms with Crippen LogP contribution in [0.15, 0.2) is 35.4 Å². The number of amides is 1. The molecule has 0 heterocycles. The van der Waals surface area contributed by atoms with E-state index in [1.165, 1.54) is 0 Å². The highest BCUT2D eigenvalue weighted by molar-refractivity contribution is 5.94. The molecule has 3 nitrogen and oxygen atoms in total. The Balaban J connectivity index is 2.48. The Hall–Kier alpha value is -1.64. The van der Waals surface area contributed by atoms with Gasteiger partial charge >= 0.3 is 0 Å². The van der Waals surface area contributed by atoms with Crippen LogP contribution in [-0.2, 0) is 0 Å². The predicted octanol–water partition coefficient (Wildman–Crippen LogP) is 2.69. The van der Waals surface area contributed by atoms with Crippen LogP contribution in [0.1, 0.15) is 31.1 Å². The Morgan fingerprint density at radius 1 is 1.25 bits per heavy atom. The number of rotatable bonds is 4. The first-order valence-electron chi connectivity index (χ1n) is 5.50. The Kier molecular flexibility index (Phi) is 4.70. The van der Waals surface area contributed by atoms with Crippen molar-refractivity contribution >= 4 is 12.1 Å². The molecule has 0 spiro atoms. The number of benzene rings is 1. The lowest BCUT2D eigenvalue weighted by Crippen LogP contribution is -2.18. The molecule has 86 valence electrons. The van der Waals surface area contributed by atoms with E-state index < -0.39 is 0 Å². The highest BCUT2D eigenvalue weighted by Gasteiger charge is 2.04. The minimum Gasteiger partial charge on any atom is -0.267 e. The SMILES string of the molecule is CC(C)[C@@H](C)/C=N/NC(=O)c1ccccc1. The molecule has 1 amide bonds. The number of hydrogen-bond donors (Lipinski definition) is 1. The van der Waals surface area contributed by atoms with Gasteiger partial charge in [-0.15, -0.1) is 0 Å². The second-order valence-electron chi connectivity index (χ2n) is 4.19. The van der Waals surface area contributed by atoms with Crippen LogP contribution in [0.25, 0.3) is 0 Å². The third kappa shape index (κ3) is 3.85. The van der Waals surface area contributed by atoms with Crippen LogP contribution < -0.4 is 5.43 Å². The molecule has 0 aliphatic carbocycles. The standard InChI is InChI=1S/C13H18N2O/c1-10(2)11(3)9-14-15-13(16)12-7-5-4-6-8-12/h4-11H,1-3H3,(H,15,16)/b14-9+/t11-/m0/s1. The molecule has 0 unspecified atom stereocenters. The van der Waals surface area contributed by atoms with Gasteiger partial charge in [0.2, 0.25) is 0 Å². The fourth-order valence-electron chi connectivity index (χ4n) is 1.04. The molecule has 0 radical (unpaired) electrons. The summed E-state index contributed by atoms with van der Waals surface area (Å²) in [7, 11) is 0. The summed E-state index contributed by atoms with van der Waals surface area (Å²) < 4.78 is 0. The Labute approximate surface area is 96.6 Å². The second kappa shape index (κ2) is 6.05. The molecule has 1 N–H and O–H groups in total. The molecule has 16 heavy (non-hydrogen) atoms. The highest BCUT2D eigenvalue weighted by atomic mass is 16.2. The van der Waals surface area contributed by atoms with Crippen LogP contribution in [0.5, 0.6) is 0 Å². The first-order valence-corrected chi connectivity index (χ1v) is 5.50. The van der Waals surface area contributed by atoms with Crippen molar-refractivity contribution in [2.45, 2.75) is 20.8 Å². The summed E-state index contributed by atoms with van der Waals surface area (Å²) in [4.78, 5) is 11.6. The van der Waals surface area contributed by atoms with E-state index in [-0.39, 0.29) is 5.91 Å². The minimum atomic E-state index is -0.173. The number of hydrogen-bond acceptors (Lipinski definition) is 2. The molecule has 0 aliphatic heterocycles. The summed E-state index contributed by atoms with van der Waals surface area (Å²) in [6.07, 6.45) is 1.77. The van der Waals surface area contributed by atoms with E-state index in [1.54, 1.807) is 18.3 Å². The zero-order chi connectivity index (χ0) is 12.0. The van der Waals surface area contributed by atoms with Crippen LogP contribution in [0.2, 0.25) is 0 Å². The fourth-order valence-corrected chi connectivity index (χ4v) is 1.04. The first-order chi connectivity index (χ1) is 7.61. The van der Waals surface area contributed by atoms with Gasteiger partial charge in [0.05, 0.1) is 0 Å². The molecule has 1 aromatic carbocycles. The van der Waals surface area contributed by atoms with Crippen molar-refractivity contribution in [3.8, 4) is 0 Å². The predicted molar refractivity (Wildman–Crippen MR) is 66.4 cm³/mol. The molecule has 0 saturated carbocycles. The van der Waals surface area contributed by atoms with Crippen molar-refractivity contribution < 1.29 is 4.79 Å². The number of nitrogens with one attached hydrogen (secondary N) is 1. The van der Waals surface area contributed by atoms with Crippen molar-refractivity contribution in [1.82, 2.24) is 5.43 Å².